The third-order valence-electron chi connectivity index (χ3n) is 3.31. The predicted molar refractivity (Wildman–Crippen MR) is 93.5 cm³/mol. The number of benzene rings is 1. The van der Waals surface area contributed by atoms with E-state index >= 15 is 0 Å². The summed E-state index contributed by atoms with van der Waals surface area (Å²) in [6.07, 6.45) is 1.57. The second-order valence-electron chi connectivity index (χ2n) is 4.78. The van der Waals surface area contributed by atoms with E-state index in [1.54, 1.807) is 16.8 Å². The molecule has 0 aliphatic heterocycles. The second-order valence-corrected chi connectivity index (χ2v) is 6.03. The number of hydrogen-bond donors (Lipinski definition) is 1. The van der Waals surface area contributed by atoms with Crippen molar-refractivity contribution in [2.75, 3.05) is 5.32 Å². The molecule has 3 aromatic rings. The number of para-hydroxylation sites is 1. The van der Waals surface area contributed by atoms with Gasteiger partial charge in [-0.3, -0.25) is 9.36 Å². The monoisotopic (exact) mass is 391 g/mol. The Morgan fingerprint density at radius 2 is 2.00 bits per heavy atom. The minimum atomic E-state index is -0.186. The van der Waals surface area contributed by atoms with Gasteiger partial charge >= 0.3 is 0 Å². The Morgan fingerprint density at radius 1 is 1.19 bits per heavy atom. The van der Waals surface area contributed by atoms with Gasteiger partial charge in [-0.2, -0.15) is 0 Å². The average molecular weight is 391 g/mol. The van der Waals surface area contributed by atoms with Crippen LogP contribution >= 0.6 is 22.6 Å². The number of nitrogens with zero attached hydrogens (tertiary/aromatic N) is 2. The average Bonchev–Trinajstić information content (AvgIpc) is 2.47. The molecule has 0 aliphatic carbocycles. The lowest BCUT2D eigenvalue weighted by Crippen LogP contribution is -2.27. The first-order chi connectivity index (χ1) is 10.1. The second kappa shape index (κ2) is 5.85. The smallest absolute Gasteiger partial charge is 0.252 e. The molecule has 106 valence electrons. The summed E-state index contributed by atoms with van der Waals surface area (Å²) < 4.78 is 2.85. The van der Waals surface area contributed by atoms with Gasteiger partial charge in [0.1, 0.15) is 12.0 Å². The van der Waals surface area contributed by atoms with E-state index in [-0.39, 0.29) is 11.7 Å². The van der Waals surface area contributed by atoms with Gasteiger partial charge < -0.3 is 5.32 Å². The van der Waals surface area contributed by atoms with E-state index in [0.29, 0.717) is 0 Å². The summed E-state index contributed by atoms with van der Waals surface area (Å²) in [4.78, 5) is 16.5. The number of hydrogen-bond acceptors (Lipinski definition) is 3. The molecule has 1 aromatic carbocycles. The van der Waals surface area contributed by atoms with Crippen LogP contribution in [0.1, 0.15) is 13.1 Å². The number of fused-ring (bicyclic) bond motifs is 1. The van der Waals surface area contributed by atoms with Gasteiger partial charge in [-0.25, -0.2) is 4.98 Å². The first-order valence-corrected chi connectivity index (χ1v) is 7.71. The highest BCUT2D eigenvalue weighted by Crippen LogP contribution is 2.18. The van der Waals surface area contributed by atoms with Gasteiger partial charge in [0.15, 0.2) is 0 Å². The molecule has 3 rings (SSSR count). The van der Waals surface area contributed by atoms with Gasteiger partial charge in [0.05, 0.1) is 5.52 Å². The van der Waals surface area contributed by atoms with Crippen LogP contribution in [0.5, 0.6) is 0 Å². The minimum Gasteiger partial charge on any atom is -0.350 e. The van der Waals surface area contributed by atoms with Gasteiger partial charge in [-0.15, -0.1) is 0 Å². The maximum Gasteiger partial charge on any atom is 0.252 e. The zero-order valence-electron chi connectivity index (χ0n) is 11.5. The molecule has 1 atom stereocenters. The van der Waals surface area contributed by atoms with Crippen LogP contribution in [0.25, 0.3) is 10.9 Å². The lowest BCUT2D eigenvalue weighted by molar-refractivity contribution is 0.612. The van der Waals surface area contributed by atoms with Crippen LogP contribution in [0.4, 0.5) is 5.82 Å². The van der Waals surface area contributed by atoms with Crippen LogP contribution in [0.15, 0.2) is 59.5 Å². The number of aromatic nitrogens is 2. The van der Waals surface area contributed by atoms with E-state index in [2.05, 4.69) is 32.9 Å². The molecule has 0 aliphatic rings. The third kappa shape index (κ3) is 2.92. The summed E-state index contributed by atoms with van der Waals surface area (Å²) in [6, 6.07) is 15.2. The molecular weight excluding hydrogens is 377 g/mol. The highest BCUT2D eigenvalue weighted by atomic mass is 127. The lowest BCUT2D eigenvalue weighted by atomic mass is 10.2. The third-order valence-corrected chi connectivity index (χ3v) is 3.98. The molecule has 0 amide bonds. The molecule has 5 heteroatoms. The molecule has 0 saturated carbocycles. The summed E-state index contributed by atoms with van der Waals surface area (Å²) in [5, 5.41) is 4.32. The first kappa shape index (κ1) is 14.1. The minimum absolute atomic E-state index is 0.0284. The van der Waals surface area contributed by atoms with Crippen LogP contribution in [0.3, 0.4) is 0 Å². The zero-order valence-corrected chi connectivity index (χ0v) is 13.6. The van der Waals surface area contributed by atoms with Crippen LogP contribution in [-0.4, -0.2) is 9.55 Å². The zero-order chi connectivity index (χ0) is 14.8. The Kier molecular flexibility index (Phi) is 3.92. The van der Waals surface area contributed by atoms with E-state index in [1.807, 2.05) is 49.4 Å². The first-order valence-electron chi connectivity index (χ1n) is 6.63. The summed E-state index contributed by atoms with van der Waals surface area (Å²) in [5.41, 5.74) is 0.884. The summed E-state index contributed by atoms with van der Waals surface area (Å²) in [7, 11) is 0. The van der Waals surface area contributed by atoms with Gasteiger partial charge in [-0.05, 0) is 59.2 Å². The van der Waals surface area contributed by atoms with Crippen molar-refractivity contribution in [3.05, 3.63) is 68.7 Å². The van der Waals surface area contributed by atoms with Gasteiger partial charge in [0.2, 0.25) is 0 Å². The fraction of sp³-hybridized carbons (Fsp3) is 0.125. The predicted octanol–water partition coefficient (Wildman–Crippen LogP) is 3.63. The topological polar surface area (TPSA) is 46.9 Å². The van der Waals surface area contributed by atoms with E-state index in [9.17, 15) is 4.79 Å². The fourth-order valence-corrected chi connectivity index (χ4v) is 2.83. The molecule has 2 heterocycles. The van der Waals surface area contributed by atoms with Crippen molar-refractivity contribution in [1.29, 1.82) is 0 Å². The number of nitrogens with one attached hydrogen (secondary N) is 1. The Balaban J connectivity index is 2.03. The highest BCUT2D eigenvalue weighted by molar-refractivity contribution is 14.1. The van der Waals surface area contributed by atoms with Gasteiger partial charge in [0, 0.05) is 15.8 Å². The Hall–Kier alpha value is -1.89. The van der Waals surface area contributed by atoms with Crippen molar-refractivity contribution in [2.24, 2.45) is 0 Å². The van der Waals surface area contributed by atoms with Gasteiger partial charge in [-0.1, -0.05) is 18.2 Å². The Labute approximate surface area is 136 Å². The Bertz CT molecular complexity index is 844. The molecule has 4 nitrogen and oxygen atoms in total. The molecule has 1 N–H and O–H groups in total. The number of rotatable bonds is 3. The number of anilines is 1. The molecular formula is C16H14IN3O. The van der Waals surface area contributed by atoms with Crippen molar-refractivity contribution in [2.45, 2.75) is 13.1 Å². The van der Waals surface area contributed by atoms with Crippen LogP contribution in [0.2, 0.25) is 0 Å². The maximum absolute atomic E-state index is 12.2. The van der Waals surface area contributed by atoms with Crippen molar-refractivity contribution in [1.82, 2.24) is 9.55 Å². The van der Waals surface area contributed by atoms with E-state index in [4.69, 9.17) is 0 Å². The van der Waals surface area contributed by atoms with Crippen molar-refractivity contribution >= 4 is 39.3 Å². The molecule has 0 radical (unpaired) electrons. The maximum atomic E-state index is 12.2. The van der Waals surface area contributed by atoms with Crippen LogP contribution in [0, 0.1) is 3.57 Å². The van der Waals surface area contributed by atoms with Gasteiger partial charge in [0.25, 0.3) is 5.56 Å². The van der Waals surface area contributed by atoms with Crippen molar-refractivity contribution in [3.63, 3.8) is 0 Å². The number of halogens is 1. The number of pyridine rings is 2. The normalized spacial score (nSPS) is 12.3. The van der Waals surface area contributed by atoms with E-state index in [1.165, 1.54) is 0 Å². The highest BCUT2D eigenvalue weighted by Gasteiger charge is 2.10. The molecule has 2 aromatic heterocycles. The van der Waals surface area contributed by atoms with Crippen LogP contribution in [-0.2, 0) is 0 Å². The summed E-state index contributed by atoms with van der Waals surface area (Å²) in [5.74, 6) is 0.759. The van der Waals surface area contributed by atoms with E-state index in [0.717, 1.165) is 20.3 Å². The van der Waals surface area contributed by atoms with E-state index < -0.39 is 0 Å². The fourth-order valence-electron chi connectivity index (χ4n) is 2.37. The van der Waals surface area contributed by atoms with Crippen molar-refractivity contribution in [3.8, 4) is 0 Å². The molecule has 0 saturated heterocycles. The largest absolute Gasteiger partial charge is 0.350 e. The summed E-state index contributed by atoms with van der Waals surface area (Å²) in [6.45, 7) is 1.95. The molecule has 0 spiro atoms. The molecule has 0 fully saturated rings. The molecule has 0 bridgehead atoms. The lowest BCUT2D eigenvalue weighted by Gasteiger charge is -2.19. The molecule has 1 unspecified atom stereocenters. The Morgan fingerprint density at radius 3 is 2.81 bits per heavy atom. The van der Waals surface area contributed by atoms with Crippen LogP contribution < -0.4 is 10.9 Å². The standard InChI is InChI=1S/C16H14IN3O/c1-11(19-15-10-13(17)8-9-18-15)20-14-5-3-2-4-12(14)6-7-16(20)21/h2-11H,1H3,(H,18,19). The quantitative estimate of drug-likeness (QED) is 0.694. The SMILES string of the molecule is CC(Nc1cc(I)ccn1)n1c(=O)ccc2ccccc21. The summed E-state index contributed by atoms with van der Waals surface area (Å²) >= 11 is 2.24. The molecule has 21 heavy (non-hydrogen) atoms. The van der Waals surface area contributed by atoms with Crippen molar-refractivity contribution < 1.29 is 0 Å².